The van der Waals surface area contributed by atoms with Gasteiger partial charge in [-0.05, 0) is 67.1 Å². The van der Waals surface area contributed by atoms with E-state index < -0.39 is 17.8 Å². The number of carbonyl (C=O) groups excluding carboxylic acids is 2. The van der Waals surface area contributed by atoms with Crippen molar-refractivity contribution in [1.82, 2.24) is 0 Å². The molecule has 0 radical (unpaired) electrons. The number of nitrogens with zero attached hydrogens (tertiary/aromatic N) is 1. The maximum atomic E-state index is 14.0. The van der Waals surface area contributed by atoms with Crippen molar-refractivity contribution in [2.75, 3.05) is 27.4 Å². The van der Waals surface area contributed by atoms with Gasteiger partial charge in [0.15, 0.2) is 23.0 Å². The van der Waals surface area contributed by atoms with Crippen LogP contribution in [-0.4, -0.2) is 50.0 Å². The zero-order valence-electron chi connectivity index (χ0n) is 25.0. The number of phenols is 1. The Balaban J connectivity index is 1.50. The Morgan fingerprint density at radius 2 is 1.63 bits per heavy atom. The van der Waals surface area contributed by atoms with E-state index in [9.17, 15) is 14.7 Å². The lowest BCUT2D eigenvalue weighted by Crippen LogP contribution is -2.41. The Kier molecular flexibility index (Phi) is 9.14. The number of Topliss-reactive ketones (excluding diaryl/α,β-unsaturated/α-hetero) is 1. The number of carbonyl (C=O) groups is 2. The number of hydrogen-bond donors (Lipinski definition) is 1. The van der Waals surface area contributed by atoms with E-state index in [4.69, 9.17) is 23.9 Å². The number of esters is 1. The van der Waals surface area contributed by atoms with Crippen molar-refractivity contribution in [3.05, 3.63) is 94.7 Å². The van der Waals surface area contributed by atoms with Gasteiger partial charge in [-0.15, -0.1) is 0 Å². The first-order valence-electron chi connectivity index (χ1n) is 14.5. The molecule has 2 aliphatic rings. The molecule has 0 amide bonds. The first-order chi connectivity index (χ1) is 20.8. The Bertz CT molecular complexity index is 1560. The molecule has 1 saturated carbocycles. The lowest BCUT2D eigenvalue weighted by Gasteiger charge is -2.38. The van der Waals surface area contributed by atoms with Gasteiger partial charge in [0.25, 0.3) is 0 Å². The molecule has 0 bridgehead atoms. The van der Waals surface area contributed by atoms with Crippen LogP contribution in [0.25, 0.3) is 0 Å². The predicted molar refractivity (Wildman–Crippen MR) is 163 cm³/mol. The topological polar surface area (TPSA) is 104 Å². The highest BCUT2D eigenvalue weighted by Crippen LogP contribution is 2.47. The third-order valence-corrected chi connectivity index (χ3v) is 8.16. The van der Waals surface area contributed by atoms with E-state index in [0.717, 1.165) is 16.8 Å². The van der Waals surface area contributed by atoms with E-state index in [1.54, 1.807) is 39.3 Å². The van der Waals surface area contributed by atoms with E-state index in [0.29, 0.717) is 53.5 Å². The fourth-order valence-electron chi connectivity index (χ4n) is 6.12. The lowest BCUT2D eigenvalue weighted by atomic mass is 9.66. The number of fused-ring (bicyclic) bond motifs is 1. The molecule has 5 rings (SSSR count). The Hall–Kier alpha value is -4.59. The van der Waals surface area contributed by atoms with Gasteiger partial charge in [0.05, 0.1) is 38.9 Å². The molecule has 1 heterocycles. The van der Waals surface area contributed by atoms with Gasteiger partial charge in [0, 0.05) is 30.2 Å². The number of rotatable bonds is 10. The van der Waals surface area contributed by atoms with E-state index in [1.807, 2.05) is 55.5 Å². The molecule has 3 aromatic carbocycles. The summed E-state index contributed by atoms with van der Waals surface area (Å²) in [6.07, 6.45) is 1.40. The highest BCUT2D eigenvalue weighted by atomic mass is 16.5. The molecule has 3 aromatic rings. The average molecular weight is 584 g/mol. The largest absolute Gasteiger partial charge is 0.504 e. The standard InChI is InChI=1S/C35H37NO7/c1-5-42-30-20-24(11-13-27(30)37)33-32(35(39)43-16-15-22-9-7-6-8-10-22)21(2)36-26-17-25(18-28(38)34(26)33)23-12-14-29(40-3)31(19-23)41-4/h6-14,19-20,25,33-34,37H,5,15-18H2,1-4H3/t25-,33-,34?/m0/s1. The molecule has 43 heavy (non-hydrogen) atoms. The molecule has 1 aliphatic heterocycles. The second-order valence-electron chi connectivity index (χ2n) is 10.8. The molecule has 8 heteroatoms. The third kappa shape index (κ3) is 6.28. The molecular weight excluding hydrogens is 546 g/mol. The van der Waals surface area contributed by atoms with E-state index in [-0.39, 0.29) is 30.5 Å². The summed E-state index contributed by atoms with van der Waals surface area (Å²) in [5.74, 6) is -0.378. The van der Waals surface area contributed by atoms with Crippen LogP contribution in [0, 0.1) is 5.92 Å². The minimum Gasteiger partial charge on any atom is -0.504 e. The van der Waals surface area contributed by atoms with Gasteiger partial charge in [-0.25, -0.2) is 4.79 Å². The smallest absolute Gasteiger partial charge is 0.336 e. The predicted octanol–water partition coefficient (Wildman–Crippen LogP) is 6.17. The van der Waals surface area contributed by atoms with Crippen LogP contribution in [0.4, 0.5) is 0 Å². The Morgan fingerprint density at radius 1 is 0.907 bits per heavy atom. The van der Waals surface area contributed by atoms with Crippen molar-refractivity contribution in [3.63, 3.8) is 0 Å². The highest BCUT2D eigenvalue weighted by Gasteiger charge is 2.46. The fourth-order valence-corrected chi connectivity index (χ4v) is 6.12. The van der Waals surface area contributed by atoms with Crippen LogP contribution < -0.4 is 14.2 Å². The molecule has 1 unspecified atom stereocenters. The number of phenolic OH excluding ortho intramolecular Hbond substituents is 1. The second-order valence-corrected chi connectivity index (χ2v) is 10.8. The molecule has 0 spiro atoms. The van der Waals surface area contributed by atoms with E-state index >= 15 is 0 Å². The lowest BCUT2D eigenvalue weighted by molar-refractivity contribution is -0.139. The summed E-state index contributed by atoms with van der Waals surface area (Å²) >= 11 is 0. The zero-order chi connectivity index (χ0) is 30.5. The molecule has 3 atom stereocenters. The number of aromatic hydroxyl groups is 1. The van der Waals surface area contributed by atoms with Gasteiger partial charge >= 0.3 is 5.97 Å². The van der Waals surface area contributed by atoms with Crippen molar-refractivity contribution >= 4 is 17.5 Å². The number of hydrogen-bond acceptors (Lipinski definition) is 8. The molecule has 8 nitrogen and oxygen atoms in total. The van der Waals surface area contributed by atoms with Crippen LogP contribution >= 0.6 is 0 Å². The first kappa shape index (κ1) is 29.9. The number of ether oxygens (including phenoxy) is 4. The molecule has 0 saturated heterocycles. The average Bonchev–Trinajstić information content (AvgIpc) is 3.01. The minimum absolute atomic E-state index is 0.00789. The van der Waals surface area contributed by atoms with Crippen LogP contribution in [0.15, 0.2) is 83.0 Å². The molecule has 1 N–H and O–H groups in total. The summed E-state index contributed by atoms with van der Waals surface area (Å²) < 4.78 is 22.3. The molecular formula is C35H37NO7. The van der Waals surface area contributed by atoms with Crippen LogP contribution in [0.1, 0.15) is 55.2 Å². The van der Waals surface area contributed by atoms with Crippen molar-refractivity contribution in [2.45, 2.75) is 44.9 Å². The van der Waals surface area contributed by atoms with Gasteiger partial charge in [-0.2, -0.15) is 0 Å². The highest BCUT2D eigenvalue weighted by molar-refractivity contribution is 6.12. The maximum absolute atomic E-state index is 14.0. The zero-order valence-corrected chi connectivity index (χ0v) is 25.0. The fraction of sp³-hybridized carbons (Fsp3) is 0.343. The number of benzene rings is 3. The van der Waals surface area contributed by atoms with Crippen LogP contribution in [0.5, 0.6) is 23.0 Å². The molecule has 1 fully saturated rings. The molecule has 0 aromatic heterocycles. The van der Waals surface area contributed by atoms with Crippen LogP contribution in [0.3, 0.4) is 0 Å². The molecule has 1 aliphatic carbocycles. The van der Waals surface area contributed by atoms with E-state index in [2.05, 4.69) is 0 Å². The van der Waals surface area contributed by atoms with Gasteiger partial charge in [0.2, 0.25) is 0 Å². The monoisotopic (exact) mass is 583 g/mol. The summed E-state index contributed by atoms with van der Waals surface area (Å²) in [7, 11) is 3.17. The number of aliphatic imine (C=N–C) groups is 1. The van der Waals surface area contributed by atoms with Crippen molar-refractivity contribution < 1.29 is 33.6 Å². The van der Waals surface area contributed by atoms with Crippen molar-refractivity contribution in [1.29, 1.82) is 0 Å². The summed E-state index contributed by atoms with van der Waals surface area (Å²) in [5.41, 5.74) is 4.31. The van der Waals surface area contributed by atoms with Crippen molar-refractivity contribution in [3.8, 4) is 23.0 Å². The van der Waals surface area contributed by atoms with Gasteiger partial charge in [-0.3, -0.25) is 9.79 Å². The van der Waals surface area contributed by atoms with Crippen LogP contribution in [-0.2, 0) is 20.7 Å². The van der Waals surface area contributed by atoms with E-state index in [1.165, 1.54) is 0 Å². The number of ketones is 1. The van der Waals surface area contributed by atoms with Gasteiger partial charge in [-0.1, -0.05) is 42.5 Å². The second kappa shape index (κ2) is 13.2. The van der Waals surface area contributed by atoms with Gasteiger partial charge < -0.3 is 24.1 Å². The maximum Gasteiger partial charge on any atom is 0.336 e. The summed E-state index contributed by atoms with van der Waals surface area (Å²) in [6.45, 7) is 4.17. The number of methoxy groups -OCH3 is 2. The summed E-state index contributed by atoms with van der Waals surface area (Å²) in [4.78, 5) is 32.6. The van der Waals surface area contributed by atoms with Crippen molar-refractivity contribution in [2.24, 2.45) is 10.9 Å². The normalized spacial score (nSPS) is 19.8. The minimum atomic E-state index is -0.643. The van der Waals surface area contributed by atoms with Gasteiger partial charge in [0.1, 0.15) is 5.78 Å². The summed E-state index contributed by atoms with van der Waals surface area (Å²) in [5, 5.41) is 10.4. The summed E-state index contributed by atoms with van der Waals surface area (Å²) in [6, 6.07) is 20.5. The van der Waals surface area contributed by atoms with Crippen LogP contribution in [0.2, 0.25) is 0 Å². The quantitative estimate of drug-likeness (QED) is 0.285. The SMILES string of the molecule is CCOc1cc([C@H]2C(C(=O)OCCc3ccccc3)=C(C)N=C3C[C@H](c4ccc(OC)c(OC)c4)CC(=O)C32)ccc1O. The Labute approximate surface area is 252 Å². The first-order valence-corrected chi connectivity index (χ1v) is 14.5. The number of allylic oxidation sites excluding steroid dienone is 1. The molecule has 224 valence electrons. The third-order valence-electron chi connectivity index (χ3n) is 8.16. The Morgan fingerprint density at radius 3 is 2.35 bits per heavy atom.